The van der Waals surface area contributed by atoms with Crippen molar-refractivity contribution in [3.63, 3.8) is 0 Å². The van der Waals surface area contributed by atoms with Crippen LogP contribution in [0.15, 0.2) is 18.2 Å². The zero-order chi connectivity index (χ0) is 16.3. The van der Waals surface area contributed by atoms with Gasteiger partial charge in [-0.05, 0) is 41.9 Å². The molecule has 0 bridgehead atoms. The topological polar surface area (TPSA) is 66.4 Å². The zero-order valence-corrected chi connectivity index (χ0v) is 13.6. The maximum atomic E-state index is 12.6. The smallest absolute Gasteiger partial charge is 0.326 e. The van der Waals surface area contributed by atoms with Gasteiger partial charge in [0.15, 0.2) is 0 Å². The molecular formula is C18H25NO3. The van der Waals surface area contributed by atoms with Crippen LogP contribution in [0.25, 0.3) is 0 Å². The Balaban J connectivity index is 2.17. The van der Waals surface area contributed by atoms with Crippen LogP contribution in [-0.4, -0.2) is 23.0 Å². The minimum Gasteiger partial charge on any atom is -0.480 e. The first-order valence-corrected chi connectivity index (χ1v) is 8.12. The number of aryl methyl sites for hydroxylation is 2. The highest BCUT2D eigenvalue weighted by Gasteiger charge is 2.33. The number of hydrogen-bond donors (Lipinski definition) is 2. The number of carboxylic acid groups (broad SMARTS) is 1. The summed E-state index contributed by atoms with van der Waals surface area (Å²) in [5, 5.41) is 12.1. The minimum atomic E-state index is -0.955. The standard InChI is InChI=1S/C18H25NO3/c1-4-11(3)16(18(21)22)19-17(20)14-9-8-13-7-6-12(5-2)10-15(13)14/h6-7,10-11,14,16H,4-5,8-9H2,1-3H3,(H,19,20)(H,21,22)/t11-,14?,16-/m0/s1. The van der Waals surface area contributed by atoms with Crippen molar-refractivity contribution in [2.45, 2.75) is 58.4 Å². The van der Waals surface area contributed by atoms with Crippen LogP contribution >= 0.6 is 0 Å². The van der Waals surface area contributed by atoms with Crippen LogP contribution in [0.4, 0.5) is 0 Å². The number of benzene rings is 1. The highest BCUT2D eigenvalue weighted by atomic mass is 16.4. The van der Waals surface area contributed by atoms with Crippen LogP contribution in [0, 0.1) is 5.92 Å². The van der Waals surface area contributed by atoms with E-state index in [0.29, 0.717) is 0 Å². The van der Waals surface area contributed by atoms with Gasteiger partial charge in [-0.3, -0.25) is 4.79 Å². The molecule has 3 atom stereocenters. The van der Waals surface area contributed by atoms with Crippen molar-refractivity contribution in [2.24, 2.45) is 5.92 Å². The fourth-order valence-electron chi connectivity index (χ4n) is 3.08. The lowest BCUT2D eigenvalue weighted by atomic mass is 9.95. The Morgan fingerprint density at radius 2 is 2.09 bits per heavy atom. The molecule has 2 N–H and O–H groups in total. The van der Waals surface area contributed by atoms with E-state index in [0.717, 1.165) is 31.2 Å². The molecule has 0 heterocycles. The number of carboxylic acids is 1. The first-order valence-electron chi connectivity index (χ1n) is 8.12. The molecule has 0 saturated heterocycles. The maximum Gasteiger partial charge on any atom is 0.326 e. The predicted molar refractivity (Wildman–Crippen MR) is 85.9 cm³/mol. The van der Waals surface area contributed by atoms with Gasteiger partial charge in [-0.2, -0.15) is 0 Å². The number of carbonyl (C=O) groups is 2. The van der Waals surface area contributed by atoms with Crippen LogP contribution < -0.4 is 5.32 Å². The average molecular weight is 303 g/mol. The van der Waals surface area contributed by atoms with Gasteiger partial charge in [-0.1, -0.05) is 45.4 Å². The number of carbonyl (C=O) groups excluding carboxylic acids is 1. The van der Waals surface area contributed by atoms with Crippen molar-refractivity contribution in [3.8, 4) is 0 Å². The second-order valence-electron chi connectivity index (χ2n) is 6.19. The Kier molecular flexibility index (Phi) is 5.22. The van der Waals surface area contributed by atoms with Crippen molar-refractivity contribution in [1.29, 1.82) is 0 Å². The van der Waals surface area contributed by atoms with Crippen LogP contribution in [-0.2, 0) is 22.4 Å². The van der Waals surface area contributed by atoms with Gasteiger partial charge in [0.2, 0.25) is 5.91 Å². The van der Waals surface area contributed by atoms with Crippen LogP contribution in [0.5, 0.6) is 0 Å². The highest BCUT2D eigenvalue weighted by molar-refractivity contribution is 5.89. The maximum absolute atomic E-state index is 12.6. The van der Waals surface area contributed by atoms with Gasteiger partial charge in [-0.15, -0.1) is 0 Å². The Bertz CT molecular complexity index is 567. The van der Waals surface area contributed by atoms with Gasteiger partial charge in [0, 0.05) is 0 Å². The molecular weight excluding hydrogens is 278 g/mol. The molecule has 22 heavy (non-hydrogen) atoms. The third-order valence-electron chi connectivity index (χ3n) is 4.79. The Labute approximate surface area is 131 Å². The summed E-state index contributed by atoms with van der Waals surface area (Å²) < 4.78 is 0. The quantitative estimate of drug-likeness (QED) is 0.849. The lowest BCUT2D eigenvalue weighted by Crippen LogP contribution is -2.46. The molecule has 1 unspecified atom stereocenters. The summed E-state index contributed by atoms with van der Waals surface area (Å²) in [6.45, 7) is 5.89. The lowest BCUT2D eigenvalue weighted by Gasteiger charge is -2.22. The van der Waals surface area contributed by atoms with Crippen LogP contribution in [0.3, 0.4) is 0 Å². The number of nitrogens with one attached hydrogen (secondary N) is 1. The third-order valence-corrected chi connectivity index (χ3v) is 4.79. The molecule has 1 aromatic carbocycles. The van der Waals surface area contributed by atoms with Gasteiger partial charge in [0.1, 0.15) is 6.04 Å². The molecule has 1 aliphatic carbocycles. The van der Waals surface area contributed by atoms with Crippen LogP contribution in [0.1, 0.15) is 56.2 Å². The van der Waals surface area contributed by atoms with Gasteiger partial charge in [0.05, 0.1) is 5.92 Å². The predicted octanol–water partition coefficient (Wildman–Crippen LogP) is 2.89. The molecule has 4 nitrogen and oxygen atoms in total. The van der Waals surface area contributed by atoms with Crippen molar-refractivity contribution < 1.29 is 14.7 Å². The monoisotopic (exact) mass is 303 g/mol. The van der Waals surface area contributed by atoms with E-state index in [2.05, 4.69) is 30.4 Å². The van der Waals surface area contributed by atoms with Gasteiger partial charge in [-0.25, -0.2) is 4.79 Å². The van der Waals surface area contributed by atoms with E-state index >= 15 is 0 Å². The third kappa shape index (κ3) is 3.32. The Morgan fingerprint density at radius 3 is 2.68 bits per heavy atom. The van der Waals surface area contributed by atoms with Gasteiger partial charge in [0.25, 0.3) is 0 Å². The normalized spacial score (nSPS) is 19.3. The zero-order valence-electron chi connectivity index (χ0n) is 13.6. The molecule has 2 rings (SSSR count). The highest BCUT2D eigenvalue weighted by Crippen LogP contribution is 2.34. The summed E-state index contributed by atoms with van der Waals surface area (Å²) in [5.74, 6) is -1.40. The van der Waals surface area contributed by atoms with Crippen molar-refractivity contribution in [3.05, 3.63) is 34.9 Å². The van der Waals surface area contributed by atoms with Crippen molar-refractivity contribution in [2.75, 3.05) is 0 Å². The van der Waals surface area contributed by atoms with E-state index < -0.39 is 12.0 Å². The van der Waals surface area contributed by atoms with E-state index in [1.165, 1.54) is 11.1 Å². The molecule has 0 aromatic heterocycles. The average Bonchev–Trinajstić information content (AvgIpc) is 2.94. The SMILES string of the molecule is CCc1ccc2c(c1)C(C(=O)N[C@H](C(=O)O)[C@@H](C)CC)CC2. The van der Waals surface area contributed by atoms with E-state index in [9.17, 15) is 14.7 Å². The van der Waals surface area contributed by atoms with Crippen molar-refractivity contribution in [1.82, 2.24) is 5.32 Å². The number of aliphatic carboxylic acids is 1. The number of amides is 1. The number of rotatable bonds is 6. The fourth-order valence-corrected chi connectivity index (χ4v) is 3.08. The molecule has 0 aliphatic heterocycles. The molecule has 1 aliphatic rings. The second-order valence-corrected chi connectivity index (χ2v) is 6.19. The summed E-state index contributed by atoms with van der Waals surface area (Å²) in [4.78, 5) is 23.9. The first kappa shape index (κ1) is 16.5. The van der Waals surface area contributed by atoms with E-state index in [-0.39, 0.29) is 17.7 Å². The van der Waals surface area contributed by atoms with Crippen LogP contribution in [0.2, 0.25) is 0 Å². The Morgan fingerprint density at radius 1 is 1.36 bits per heavy atom. The molecule has 1 amide bonds. The summed E-state index contributed by atoms with van der Waals surface area (Å²) in [5.41, 5.74) is 3.51. The van der Waals surface area contributed by atoms with E-state index in [1.54, 1.807) is 0 Å². The van der Waals surface area contributed by atoms with E-state index in [4.69, 9.17) is 0 Å². The second kappa shape index (κ2) is 6.95. The first-order chi connectivity index (χ1) is 10.5. The van der Waals surface area contributed by atoms with Gasteiger partial charge < -0.3 is 10.4 Å². The molecule has 0 spiro atoms. The lowest BCUT2D eigenvalue weighted by molar-refractivity contribution is -0.143. The molecule has 120 valence electrons. The summed E-state index contributed by atoms with van der Waals surface area (Å²) in [6.07, 6.45) is 3.31. The largest absolute Gasteiger partial charge is 0.480 e. The summed E-state index contributed by atoms with van der Waals surface area (Å²) >= 11 is 0. The van der Waals surface area contributed by atoms with E-state index in [1.807, 2.05) is 13.8 Å². The molecule has 0 radical (unpaired) electrons. The van der Waals surface area contributed by atoms with Gasteiger partial charge >= 0.3 is 5.97 Å². The molecule has 1 aromatic rings. The number of fused-ring (bicyclic) bond motifs is 1. The summed E-state index contributed by atoms with van der Waals surface area (Å²) in [7, 11) is 0. The Hall–Kier alpha value is -1.84. The molecule has 4 heteroatoms. The fraction of sp³-hybridized carbons (Fsp3) is 0.556. The number of hydrogen-bond acceptors (Lipinski definition) is 2. The minimum absolute atomic E-state index is 0.0794. The molecule has 0 fully saturated rings. The molecule has 0 saturated carbocycles. The van der Waals surface area contributed by atoms with Crippen molar-refractivity contribution >= 4 is 11.9 Å². The summed E-state index contributed by atoms with van der Waals surface area (Å²) in [6, 6.07) is 5.50.